The molecule has 0 aliphatic heterocycles. The second-order valence-electron chi connectivity index (χ2n) is 5.14. The molecule has 0 bridgehead atoms. The maximum Gasteiger partial charge on any atom is 0.248 e. The maximum absolute atomic E-state index is 11.8. The molecule has 0 aliphatic carbocycles. The summed E-state index contributed by atoms with van der Waals surface area (Å²) >= 11 is 0. The summed E-state index contributed by atoms with van der Waals surface area (Å²) in [5.41, 5.74) is 5.62. The van der Waals surface area contributed by atoms with Crippen LogP contribution in [-0.2, 0) is 9.53 Å². The fraction of sp³-hybridized carbons (Fsp3) is 0.917. The molecule has 0 radical (unpaired) electrons. The smallest absolute Gasteiger partial charge is 0.248 e. The zero-order chi connectivity index (χ0) is 12.8. The molecule has 0 saturated heterocycles. The van der Waals surface area contributed by atoms with E-state index in [4.69, 9.17) is 10.5 Å². The molecule has 0 aliphatic rings. The van der Waals surface area contributed by atoms with Crippen molar-refractivity contribution < 1.29 is 9.53 Å². The normalized spacial score (nSPS) is 11.9. The van der Waals surface area contributed by atoms with Crippen molar-refractivity contribution in [3.05, 3.63) is 0 Å². The zero-order valence-corrected chi connectivity index (χ0v) is 11.2. The summed E-state index contributed by atoms with van der Waals surface area (Å²) in [5, 5.41) is 0. The lowest BCUT2D eigenvalue weighted by Gasteiger charge is -2.31. The standard InChI is InChI=1S/C12H26N2O2/c1-6-14(9-12(4,5)8-13)11(15)7-16-10(2)3/h10H,6-9,13H2,1-5H3. The Hall–Kier alpha value is -0.610. The second-order valence-corrected chi connectivity index (χ2v) is 5.14. The summed E-state index contributed by atoms with van der Waals surface area (Å²) in [6, 6.07) is 0. The second kappa shape index (κ2) is 6.86. The van der Waals surface area contributed by atoms with Crippen LogP contribution >= 0.6 is 0 Å². The number of nitrogens with two attached hydrogens (primary N) is 1. The van der Waals surface area contributed by atoms with E-state index in [1.807, 2.05) is 20.8 Å². The Morgan fingerprint density at radius 3 is 2.38 bits per heavy atom. The molecule has 0 aromatic carbocycles. The van der Waals surface area contributed by atoms with Crippen LogP contribution in [0.4, 0.5) is 0 Å². The van der Waals surface area contributed by atoms with Crippen molar-refractivity contribution >= 4 is 5.91 Å². The number of likely N-dealkylation sites (N-methyl/N-ethyl adjacent to an activating group) is 1. The van der Waals surface area contributed by atoms with Gasteiger partial charge in [-0.1, -0.05) is 13.8 Å². The molecular formula is C12H26N2O2. The summed E-state index contributed by atoms with van der Waals surface area (Å²) in [6.45, 7) is 12.1. The fourth-order valence-corrected chi connectivity index (χ4v) is 1.29. The summed E-state index contributed by atoms with van der Waals surface area (Å²) < 4.78 is 5.31. The van der Waals surface area contributed by atoms with E-state index in [1.165, 1.54) is 0 Å². The quantitative estimate of drug-likeness (QED) is 0.716. The Morgan fingerprint density at radius 2 is 2.00 bits per heavy atom. The summed E-state index contributed by atoms with van der Waals surface area (Å²) in [7, 11) is 0. The summed E-state index contributed by atoms with van der Waals surface area (Å²) in [6.07, 6.45) is 0.0881. The van der Waals surface area contributed by atoms with Crippen molar-refractivity contribution in [3.8, 4) is 0 Å². The van der Waals surface area contributed by atoms with E-state index >= 15 is 0 Å². The molecule has 96 valence electrons. The van der Waals surface area contributed by atoms with Gasteiger partial charge in [-0.05, 0) is 32.7 Å². The van der Waals surface area contributed by atoms with Gasteiger partial charge in [0.05, 0.1) is 6.10 Å². The Morgan fingerprint density at radius 1 is 1.44 bits per heavy atom. The number of carbonyl (C=O) groups excluding carboxylic acids is 1. The van der Waals surface area contributed by atoms with E-state index in [0.29, 0.717) is 19.6 Å². The SMILES string of the molecule is CCN(CC(C)(C)CN)C(=O)COC(C)C. The Balaban J connectivity index is 4.22. The van der Waals surface area contributed by atoms with Gasteiger partial charge < -0.3 is 15.4 Å². The predicted molar refractivity (Wildman–Crippen MR) is 66.2 cm³/mol. The molecule has 1 amide bonds. The number of carbonyl (C=O) groups is 1. The molecule has 4 heteroatoms. The Bertz CT molecular complexity index is 215. The molecule has 0 aromatic rings. The van der Waals surface area contributed by atoms with Crippen molar-refractivity contribution in [1.82, 2.24) is 4.90 Å². The van der Waals surface area contributed by atoms with Gasteiger partial charge in [0.25, 0.3) is 0 Å². The van der Waals surface area contributed by atoms with Gasteiger partial charge in [0.15, 0.2) is 0 Å². The first-order valence-electron chi connectivity index (χ1n) is 5.92. The third kappa shape index (κ3) is 6.08. The minimum atomic E-state index is -0.0382. The molecule has 0 saturated carbocycles. The van der Waals surface area contributed by atoms with Gasteiger partial charge in [0, 0.05) is 13.1 Å². The third-order valence-electron chi connectivity index (χ3n) is 2.45. The molecule has 4 nitrogen and oxygen atoms in total. The molecule has 0 atom stereocenters. The third-order valence-corrected chi connectivity index (χ3v) is 2.45. The average Bonchev–Trinajstić information content (AvgIpc) is 2.22. The fourth-order valence-electron chi connectivity index (χ4n) is 1.29. The number of ether oxygens (including phenoxy) is 1. The van der Waals surface area contributed by atoms with E-state index < -0.39 is 0 Å². The monoisotopic (exact) mass is 230 g/mol. The molecule has 0 rings (SSSR count). The number of hydrogen-bond donors (Lipinski definition) is 1. The highest BCUT2D eigenvalue weighted by Crippen LogP contribution is 2.14. The van der Waals surface area contributed by atoms with Crippen LogP contribution < -0.4 is 5.73 Å². The number of rotatable bonds is 7. The van der Waals surface area contributed by atoms with Gasteiger partial charge in [-0.15, -0.1) is 0 Å². The van der Waals surface area contributed by atoms with E-state index in [9.17, 15) is 4.79 Å². The van der Waals surface area contributed by atoms with Crippen LogP contribution in [0.3, 0.4) is 0 Å². The lowest BCUT2D eigenvalue weighted by atomic mass is 9.93. The van der Waals surface area contributed by atoms with Gasteiger partial charge in [-0.25, -0.2) is 0 Å². The average molecular weight is 230 g/mol. The molecule has 0 unspecified atom stereocenters. The largest absolute Gasteiger partial charge is 0.369 e. The zero-order valence-electron chi connectivity index (χ0n) is 11.2. The molecule has 0 heterocycles. The molecule has 16 heavy (non-hydrogen) atoms. The maximum atomic E-state index is 11.8. The molecule has 0 aromatic heterocycles. The Labute approximate surface area is 99.1 Å². The van der Waals surface area contributed by atoms with E-state index in [2.05, 4.69) is 13.8 Å². The van der Waals surface area contributed by atoms with E-state index in [1.54, 1.807) is 4.90 Å². The summed E-state index contributed by atoms with van der Waals surface area (Å²) in [4.78, 5) is 13.6. The van der Waals surface area contributed by atoms with Crippen LogP contribution in [0.25, 0.3) is 0 Å². The van der Waals surface area contributed by atoms with Crippen LogP contribution in [0, 0.1) is 5.41 Å². The lowest BCUT2D eigenvalue weighted by molar-refractivity contribution is -0.138. The van der Waals surface area contributed by atoms with Gasteiger partial charge in [-0.3, -0.25) is 4.79 Å². The minimum absolute atomic E-state index is 0.0382. The van der Waals surface area contributed by atoms with Crippen molar-refractivity contribution in [3.63, 3.8) is 0 Å². The molecular weight excluding hydrogens is 204 g/mol. The van der Waals surface area contributed by atoms with Crippen LogP contribution in [0.5, 0.6) is 0 Å². The number of amides is 1. The van der Waals surface area contributed by atoms with Gasteiger partial charge >= 0.3 is 0 Å². The van der Waals surface area contributed by atoms with Crippen LogP contribution in [0.15, 0.2) is 0 Å². The van der Waals surface area contributed by atoms with Gasteiger partial charge in [0.1, 0.15) is 6.61 Å². The lowest BCUT2D eigenvalue weighted by Crippen LogP contribution is -2.43. The van der Waals surface area contributed by atoms with E-state index in [-0.39, 0.29) is 24.0 Å². The predicted octanol–water partition coefficient (Wildman–Crippen LogP) is 1.24. The van der Waals surface area contributed by atoms with Crippen molar-refractivity contribution in [2.24, 2.45) is 11.1 Å². The number of hydrogen-bond acceptors (Lipinski definition) is 3. The molecule has 0 spiro atoms. The van der Waals surface area contributed by atoms with Crippen LogP contribution in [-0.4, -0.2) is 43.2 Å². The minimum Gasteiger partial charge on any atom is -0.369 e. The number of nitrogens with zero attached hydrogens (tertiary/aromatic N) is 1. The van der Waals surface area contributed by atoms with Crippen molar-refractivity contribution in [2.75, 3.05) is 26.2 Å². The highest BCUT2D eigenvalue weighted by molar-refractivity contribution is 5.77. The molecule has 0 fully saturated rings. The topological polar surface area (TPSA) is 55.6 Å². The van der Waals surface area contributed by atoms with Gasteiger partial charge in [-0.2, -0.15) is 0 Å². The van der Waals surface area contributed by atoms with E-state index in [0.717, 1.165) is 0 Å². The summed E-state index contributed by atoms with van der Waals surface area (Å²) in [5.74, 6) is 0.0396. The highest BCUT2D eigenvalue weighted by atomic mass is 16.5. The first-order chi connectivity index (χ1) is 7.32. The highest BCUT2D eigenvalue weighted by Gasteiger charge is 2.22. The van der Waals surface area contributed by atoms with Crippen LogP contribution in [0.1, 0.15) is 34.6 Å². The first kappa shape index (κ1) is 15.4. The van der Waals surface area contributed by atoms with Crippen molar-refractivity contribution in [2.45, 2.75) is 40.7 Å². The van der Waals surface area contributed by atoms with Gasteiger partial charge in [0.2, 0.25) is 5.91 Å². The molecule has 2 N–H and O–H groups in total. The Kier molecular flexibility index (Phi) is 6.60. The first-order valence-corrected chi connectivity index (χ1v) is 5.92. The van der Waals surface area contributed by atoms with Crippen molar-refractivity contribution in [1.29, 1.82) is 0 Å². The van der Waals surface area contributed by atoms with Crippen LogP contribution in [0.2, 0.25) is 0 Å².